The van der Waals surface area contributed by atoms with E-state index in [1.165, 1.54) is 11.3 Å². The minimum absolute atomic E-state index is 0.0936. The number of halogens is 1. The minimum atomic E-state index is -0.248. The van der Waals surface area contributed by atoms with E-state index in [2.05, 4.69) is 36.8 Å². The number of carbonyl (C=O) groups is 2. The zero-order valence-electron chi connectivity index (χ0n) is 12.9. The van der Waals surface area contributed by atoms with Crippen LogP contribution in [0.4, 0.5) is 10.8 Å². The second-order valence-corrected chi connectivity index (χ2v) is 6.85. The van der Waals surface area contributed by atoms with Crippen LogP contribution in [-0.4, -0.2) is 22.0 Å². The third-order valence-corrected chi connectivity index (χ3v) is 4.63. The smallest absolute Gasteiger partial charge is 0.226 e. The molecule has 2 rings (SSSR count). The van der Waals surface area contributed by atoms with E-state index in [4.69, 9.17) is 0 Å². The Balaban J connectivity index is 1.80. The highest BCUT2D eigenvalue weighted by Crippen LogP contribution is 2.23. The predicted molar refractivity (Wildman–Crippen MR) is 94.7 cm³/mol. The molecule has 2 aromatic rings. The highest BCUT2D eigenvalue weighted by atomic mass is 79.9. The number of nitrogens with zero attached hydrogens (tertiary/aromatic N) is 2. The average molecular weight is 397 g/mol. The van der Waals surface area contributed by atoms with E-state index in [-0.39, 0.29) is 24.7 Å². The lowest BCUT2D eigenvalue weighted by Crippen LogP contribution is -2.17. The van der Waals surface area contributed by atoms with Crippen molar-refractivity contribution in [2.24, 2.45) is 0 Å². The molecule has 1 aromatic heterocycles. The fraction of sp³-hybridized carbons (Fsp3) is 0.333. The summed E-state index contributed by atoms with van der Waals surface area (Å²) in [5, 5.41) is 14.6. The van der Waals surface area contributed by atoms with Gasteiger partial charge in [-0.15, -0.1) is 10.2 Å². The molecule has 0 bridgehead atoms. The van der Waals surface area contributed by atoms with Crippen LogP contribution < -0.4 is 10.6 Å². The van der Waals surface area contributed by atoms with E-state index in [0.29, 0.717) is 10.8 Å². The molecule has 0 aliphatic rings. The Morgan fingerprint density at radius 2 is 1.87 bits per heavy atom. The topological polar surface area (TPSA) is 84.0 Å². The largest absolute Gasteiger partial charge is 0.325 e. The molecular weight excluding hydrogens is 380 g/mol. The van der Waals surface area contributed by atoms with Crippen molar-refractivity contribution in [1.29, 1.82) is 0 Å². The standard InChI is InChI=1S/C15H17BrN4O2S/c1-3-14-19-20-15(23-14)18-13(22)7-6-12(21)17-11-5-4-9(2)8-10(11)16/h4-5,8H,3,6-7H2,1-2H3,(H,17,21)(H,18,20,22). The van der Waals surface area contributed by atoms with Crippen LogP contribution in [0.5, 0.6) is 0 Å². The summed E-state index contributed by atoms with van der Waals surface area (Å²) in [6, 6.07) is 5.65. The Morgan fingerprint density at radius 3 is 2.48 bits per heavy atom. The van der Waals surface area contributed by atoms with Gasteiger partial charge in [0.1, 0.15) is 5.01 Å². The first kappa shape index (κ1) is 17.6. The van der Waals surface area contributed by atoms with Crippen LogP contribution in [0.2, 0.25) is 0 Å². The fourth-order valence-electron chi connectivity index (χ4n) is 1.79. The van der Waals surface area contributed by atoms with Crippen molar-refractivity contribution in [3.05, 3.63) is 33.2 Å². The van der Waals surface area contributed by atoms with E-state index in [0.717, 1.165) is 21.5 Å². The summed E-state index contributed by atoms with van der Waals surface area (Å²) in [5.41, 5.74) is 1.79. The van der Waals surface area contributed by atoms with Crippen molar-refractivity contribution in [1.82, 2.24) is 10.2 Å². The van der Waals surface area contributed by atoms with Gasteiger partial charge in [0.25, 0.3) is 0 Å². The van der Waals surface area contributed by atoms with Crippen LogP contribution in [0.15, 0.2) is 22.7 Å². The summed E-state index contributed by atoms with van der Waals surface area (Å²) in [4.78, 5) is 23.7. The van der Waals surface area contributed by atoms with E-state index >= 15 is 0 Å². The van der Waals surface area contributed by atoms with Crippen LogP contribution in [0.25, 0.3) is 0 Å². The summed E-state index contributed by atoms with van der Waals surface area (Å²) < 4.78 is 0.816. The molecule has 23 heavy (non-hydrogen) atoms. The van der Waals surface area contributed by atoms with Gasteiger partial charge in [-0.2, -0.15) is 0 Å². The van der Waals surface area contributed by atoms with Crippen molar-refractivity contribution >= 4 is 49.9 Å². The minimum Gasteiger partial charge on any atom is -0.325 e. The van der Waals surface area contributed by atoms with Crippen molar-refractivity contribution in [3.8, 4) is 0 Å². The maximum Gasteiger partial charge on any atom is 0.226 e. The number of hydrogen-bond donors (Lipinski definition) is 2. The summed E-state index contributed by atoms with van der Waals surface area (Å²) in [6.07, 6.45) is 0.976. The summed E-state index contributed by atoms with van der Waals surface area (Å²) in [6.45, 7) is 3.94. The quantitative estimate of drug-likeness (QED) is 0.781. The van der Waals surface area contributed by atoms with Gasteiger partial charge in [-0.05, 0) is 47.0 Å². The molecule has 2 N–H and O–H groups in total. The Bertz CT molecular complexity index is 717. The number of carbonyl (C=O) groups excluding carboxylic acids is 2. The molecule has 0 atom stereocenters. The van der Waals surface area contributed by atoms with Gasteiger partial charge in [-0.3, -0.25) is 9.59 Å². The van der Waals surface area contributed by atoms with Gasteiger partial charge >= 0.3 is 0 Å². The van der Waals surface area contributed by atoms with Crippen molar-refractivity contribution < 1.29 is 9.59 Å². The van der Waals surface area contributed by atoms with Gasteiger partial charge in [-0.25, -0.2) is 0 Å². The third-order valence-electron chi connectivity index (χ3n) is 2.99. The molecule has 1 heterocycles. The normalized spacial score (nSPS) is 10.4. The molecule has 8 heteroatoms. The van der Waals surface area contributed by atoms with Crippen LogP contribution in [0, 0.1) is 6.92 Å². The zero-order valence-corrected chi connectivity index (χ0v) is 15.3. The second-order valence-electron chi connectivity index (χ2n) is 4.93. The fourth-order valence-corrected chi connectivity index (χ4v) is 3.08. The van der Waals surface area contributed by atoms with Crippen molar-refractivity contribution in [2.45, 2.75) is 33.1 Å². The number of amides is 2. The van der Waals surface area contributed by atoms with Gasteiger partial charge in [0.2, 0.25) is 16.9 Å². The molecule has 0 aliphatic carbocycles. The highest BCUT2D eigenvalue weighted by molar-refractivity contribution is 9.10. The SMILES string of the molecule is CCc1nnc(NC(=O)CCC(=O)Nc2ccc(C)cc2Br)s1. The molecule has 0 radical (unpaired) electrons. The zero-order chi connectivity index (χ0) is 16.8. The van der Waals surface area contributed by atoms with Crippen LogP contribution in [0.3, 0.4) is 0 Å². The van der Waals surface area contributed by atoms with Gasteiger partial charge in [0, 0.05) is 17.3 Å². The molecule has 0 unspecified atom stereocenters. The third kappa shape index (κ3) is 5.40. The number of aromatic nitrogens is 2. The van der Waals surface area contributed by atoms with Gasteiger partial charge in [0.15, 0.2) is 0 Å². The van der Waals surface area contributed by atoms with Gasteiger partial charge < -0.3 is 10.6 Å². The Morgan fingerprint density at radius 1 is 1.17 bits per heavy atom. The molecule has 0 spiro atoms. The maximum absolute atomic E-state index is 11.9. The van der Waals surface area contributed by atoms with Crippen molar-refractivity contribution in [3.63, 3.8) is 0 Å². The second kappa shape index (κ2) is 8.16. The lowest BCUT2D eigenvalue weighted by Gasteiger charge is -2.08. The number of rotatable bonds is 6. The number of benzene rings is 1. The first-order valence-electron chi connectivity index (χ1n) is 7.16. The van der Waals surface area contributed by atoms with Crippen LogP contribution in [-0.2, 0) is 16.0 Å². The average Bonchev–Trinajstić information content (AvgIpc) is 2.95. The lowest BCUT2D eigenvalue weighted by atomic mass is 10.2. The molecule has 1 aromatic carbocycles. The highest BCUT2D eigenvalue weighted by Gasteiger charge is 2.11. The maximum atomic E-state index is 11.9. The summed E-state index contributed by atoms with van der Waals surface area (Å²) >= 11 is 4.74. The Kier molecular flexibility index (Phi) is 6.23. The molecular formula is C15H17BrN4O2S. The number of anilines is 2. The van der Waals surface area contributed by atoms with Crippen LogP contribution >= 0.6 is 27.3 Å². The van der Waals surface area contributed by atoms with E-state index < -0.39 is 0 Å². The summed E-state index contributed by atoms with van der Waals surface area (Å²) in [7, 11) is 0. The summed E-state index contributed by atoms with van der Waals surface area (Å²) in [5.74, 6) is -0.460. The predicted octanol–water partition coefficient (Wildman–Crippen LogP) is 3.53. The number of hydrogen-bond acceptors (Lipinski definition) is 5. The molecule has 6 nitrogen and oxygen atoms in total. The first-order valence-corrected chi connectivity index (χ1v) is 8.77. The molecule has 0 aliphatic heterocycles. The van der Waals surface area contributed by atoms with Gasteiger partial charge in [0.05, 0.1) is 5.69 Å². The van der Waals surface area contributed by atoms with E-state index in [9.17, 15) is 9.59 Å². The first-order chi connectivity index (χ1) is 11.0. The Hall–Kier alpha value is -1.80. The lowest BCUT2D eigenvalue weighted by molar-refractivity contribution is -0.121. The molecule has 0 saturated heterocycles. The molecule has 122 valence electrons. The molecule has 0 fully saturated rings. The monoisotopic (exact) mass is 396 g/mol. The molecule has 2 amide bonds. The van der Waals surface area contributed by atoms with E-state index in [1.807, 2.05) is 32.0 Å². The Labute approximate surface area is 146 Å². The van der Waals surface area contributed by atoms with Crippen molar-refractivity contribution in [2.75, 3.05) is 10.6 Å². The van der Waals surface area contributed by atoms with Crippen LogP contribution in [0.1, 0.15) is 30.3 Å². The molecule has 0 saturated carbocycles. The number of aryl methyl sites for hydroxylation is 2. The van der Waals surface area contributed by atoms with Gasteiger partial charge in [-0.1, -0.05) is 24.3 Å². The number of nitrogens with one attached hydrogen (secondary N) is 2. The van der Waals surface area contributed by atoms with E-state index in [1.54, 1.807) is 0 Å².